The number of aromatic nitrogens is 1. The zero-order valence-electron chi connectivity index (χ0n) is 10.4. The Hall–Kier alpha value is -1.50. The summed E-state index contributed by atoms with van der Waals surface area (Å²) in [6.45, 7) is 0. The molecule has 0 aliphatic rings. The van der Waals surface area contributed by atoms with Crippen LogP contribution < -0.4 is 10.0 Å². The molecular weight excluding hydrogens is 321 g/mol. The van der Waals surface area contributed by atoms with Crippen LogP contribution in [0.1, 0.15) is 0 Å². The van der Waals surface area contributed by atoms with E-state index >= 15 is 0 Å². The minimum absolute atomic E-state index is 0.0496. The number of benzene rings is 1. The zero-order chi connectivity index (χ0) is 14.8. The Morgan fingerprint density at radius 2 is 1.90 bits per heavy atom. The fourth-order valence-corrected chi connectivity index (χ4v) is 3.07. The van der Waals surface area contributed by atoms with Gasteiger partial charge in [0.25, 0.3) is 10.0 Å². The Morgan fingerprint density at radius 1 is 1.15 bits per heavy atom. The number of nitrogens with one attached hydrogen (secondary N) is 2. The fourth-order valence-electron chi connectivity index (χ4n) is 1.57. The molecule has 1 aromatic heterocycles. The van der Waals surface area contributed by atoms with Crippen molar-refractivity contribution in [2.45, 2.75) is 4.90 Å². The van der Waals surface area contributed by atoms with Crippen LogP contribution in [0.25, 0.3) is 0 Å². The second-order valence-corrected chi connectivity index (χ2v) is 6.32. The van der Waals surface area contributed by atoms with E-state index in [-0.39, 0.29) is 9.92 Å². The van der Waals surface area contributed by atoms with Crippen LogP contribution in [0, 0.1) is 0 Å². The molecule has 0 saturated carbocycles. The average molecular weight is 332 g/mol. The van der Waals surface area contributed by atoms with Gasteiger partial charge in [0.15, 0.2) is 0 Å². The number of pyridine rings is 1. The lowest BCUT2D eigenvalue weighted by Gasteiger charge is -2.11. The molecule has 1 aromatic carbocycles. The van der Waals surface area contributed by atoms with Crippen LogP contribution in [0.3, 0.4) is 0 Å². The van der Waals surface area contributed by atoms with Gasteiger partial charge in [-0.3, -0.25) is 9.71 Å². The average Bonchev–Trinajstić information content (AvgIpc) is 2.42. The largest absolute Gasteiger partial charge is 0.387 e. The predicted molar refractivity (Wildman–Crippen MR) is 81.1 cm³/mol. The van der Waals surface area contributed by atoms with E-state index in [4.69, 9.17) is 23.2 Å². The van der Waals surface area contributed by atoms with E-state index in [0.717, 1.165) is 0 Å². The van der Waals surface area contributed by atoms with E-state index in [1.54, 1.807) is 13.1 Å². The molecule has 0 radical (unpaired) electrons. The van der Waals surface area contributed by atoms with Gasteiger partial charge in [-0.25, -0.2) is 8.42 Å². The highest BCUT2D eigenvalue weighted by atomic mass is 35.5. The Morgan fingerprint density at radius 3 is 2.55 bits per heavy atom. The summed E-state index contributed by atoms with van der Waals surface area (Å²) >= 11 is 11.6. The second kappa shape index (κ2) is 5.87. The number of halogens is 2. The topological polar surface area (TPSA) is 71.1 Å². The standard InChI is InChI=1S/C12H11Cl2N3O2S/c1-15-11-4-5-16-7-12(11)20(18,19)17-8-2-3-9(13)10(14)6-8/h2-7,17H,1H3,(H,15,16). The van der Waals surface area contributed by atoms with Crippen LogP contribution in [0.5, 0.6) is 0 Å². The molecule has 8 heteroatoms. The quantitative estimate of drug-likeness (QED) is 0.902. The summed E-state index contributed by atoms with van der Waals surface area (Å²) in [6.07, 6.45) is 2.77. The van der Waals surface area contributed by atoms with Gasteiger partial charge in [0, 0.05) is 19.4 Å². The van der Waals surface area contributed by atoms with Gasteiger partial charge in [-0.1, -0.05) is 23.2 Å². The predicted octanol–water partition coefficient (Wildman–Crippen LogP) is 3.23. The number of hydrogen-bond donors (Lipinski definition) is 2. The molecule has 0 fully saturated rings. The summed E-state index contributed by atoms with van der Waals surface area (Å²) in [5, 5.41) is 3.43. The molecule has 2 aromatic rings. The van der Waals surface area contributed by atoms with Crippen LogP contribution in [0.15, 0.2) is 41.6 Å². The zero-order valence-corrected chi connectivity index (χ0v) is 12.7. The lowest BCUT2D eigenvalue weighted by atomic mass is 10.3. The van der Waals surface area contributed by atoms with E-state index in [1.165, 1.54) is 30.6 Å². The first kappa shape index (κ1) is 14.9. The van der Waals surface area contributed by atoms with E-state index in [1.807, 2.05) is 0 Å². The molecule has 0 aliphatic heterocycles. The van der Waals surface area contributed by atoms with Crippen LogP contribution >= 0.6 is 23.2 Å². The first-order valence-electron chi connectivity index (χ1n) is 5.53. The molecule has 0 bridgehead atoms. The molecule has 0 saturated heterocycles. The van der Waals surface area contributed by atoms with Gasteiger partial charge in [-0.2, -0.15) is 0 Å². The summed E-state index contributed by atoms with van der Waals surface area (Å²) in [7, 11) is -2.13. The SMILES string of the molecule is CNc1ccncc1S(=O)(=O)Nc1ccc(Cl)c(Cl)c1. The van der Waals surface area contributed by atoms with Crippen molar-refractivity contribution >= 4 is 44.6 Å². The van der Waals surface area contributed by atoms with Gasteiger partial charge >= 0.3 is 0 Å². The van der Waals surface area contributed by atoms with Crippen molar-refractivity contribution < 1.29 is 8.42 Å². The van der Waals surface area contributed by atoms with Crippen molar-refractivity contribution in [3.8, 4) is 0 Å². The molecule has 0 atom stereocenters. The van der Waals surface area contributed by atoms with Crippen LogP contribution in [0.4, 0.5) is 11.4 Å². The molecule has 2 N–H and O–H groups in total. The fraction of sp³-hybridized carbons (Fsp3) is 0.0833. The summed E-state index contributed by atoms with van der Waals surface area (Å²) in [4.78, 5) is 3.88. The third-order valence-corrected chi connectivity index (χ3v) is 4.66. The van der Waals surface area contributed by atoms with Gasteiger partial charge in [-0.05, 0) is 24.3 Å². The molecule has 0 aliphatic carbocycles. The molecule has 0 unspecified atom stereocenters. The minimum Gasteiger partial charge on any atom is -0.387 e. The lowest BCUT2D eigenvalue weighted by Crippen LogP contribution is -2.15. The molecule has 106 valence electrons. The lowest BCUT2D eigenvalue weighted by molar-refractivity contribution is 0.601. The highest BCUT2D eigenvalue weighted by molar-refractivity contribution is 7.92. The van der Waals surface area contributed by atoms with Crippen molar-refractivity contribution in [3.05, 3.63) is 46.7 Å². The molecule has 0 spiro atoms. The highest BCUT2D eigenvalue weighted by Gasteiger charge is 2.18. The molecule has 5 nitrogen and oxygen atoms in total. The molecular formula is C12H11Cl2N3O2S. The maximum Gasteiger partial charge on any atom is 0.265 e. The summed E-state index contributed by atoms with van der Waals surface area (Å²) in [5.41, 5.74) is 0.776. The Balaban J connectivity index is 2.38. The third-order valence-electron chi connectivity index (χ3n) is 2.52. The summed E-state index contributed by atoms with van der Waals surface area (Å²) in [6, 6.07) is 6.06. The van der Waals surface area contributed by atoms with Crippen molar-refractivity contribution in [2.24, 2.45) is 0 Å². The van der Waals surface area contributed by atoms with E-state index in [9.17, 15) is 8.42 Å². The summed E-state index contributed by atoms with van der Waals surface area (Å²) in [5.74, 6) is 0. The maximum atomic E-state index is 12.3. The third kappa shape index (κ3) is 3.15. The van der Waals surface area contributed by atoms with Crippen LogP contribution in [0.2, 0.25) is 10.0 Å². The van der Waals surface area contributed by atoms with Crippen molar-refractivity contribution in [3.63, 3.8) is 0 Å². The Bertz CT molecular complexity index is 735. The maximum absolute atomic E-state index is 12.3. The van der Waals surface area contributed by atoms with E-state index < -0.39 is 10.0 Å². The minimum atomic E-state index is -3.76. The normalized spacial score (nSPS) is 11.2. The monoisotopic (exact) mass is 331 g/mol. The highest BCUT2D eigenvalue weighted by Crippen LogP contribution is 2.27. The van der Waals surface area contributed by atoms with Crippen molar-refractivity contribution in [1.29, 1.82) is 0 Å². The van der Waals surface area contributed by atoms with Gasteiger partial charge in [0.05, 0.1) is 21.4 Å². The van der Waals surface area contributed by atoms with Crippen molar-refractivity contribution in [2.75, 3.05) is 17.1 Å². The molecule has 20 heavy (non-hydrogen) atoms. The number of nitrogens with zero attached hydrogens (tertiary/aromatic N) is 1. The number of anilines is 2. The van der Waals surface area contributed by atoms with Crippen molar-refractivity contribution in [1.82, 2.24) is 4.98 Å². The van der Waals surface area contributed by atoms with Crippen LogP contribution in [-0.2, 0) is 10.0 Å². The molecule has 1 heterocycles. The first-order chi connectivity index (χ1) is 9.44. The second-order valence-electron chi connectivity index (χ2n) is 3.86. The first-order valence-corrected chi connectivity index (χ1v) is 7.77. The smallest absolute Gasteiger partial charge is 0.265 e. The summed E-state index contributed by atoms with van der Waals surface area (Å²) < 4.78 is 27.0. The molecule has 2 rings (SSSR count). The number of rotatable bonds is 4. The number of sulfonamides is 1. The van der Waals surface area contributed by atoms with E-state index in [0.29, 0.717) is 16.4 Å². The van der Waals surface area contributed by atoms with Crippen LogP contribution in [-0.4, -0.2) is 20.4 Å². The molecule has 0 amide bonds. The van der Waals surface area contributed by atoms with E-state index in [2.05, 4.69) is 15.0 Å². The Kier molecular flexibility index (Phi) is 4.37. The van der Waals surface area contributed by atoms with Gasteiger partial charge in [-0.15, -0.1) is 0 Å². The van der Waals surface area contributed by atoms with Gasteiger partial charge < -0.3 is 5.32 Å². The number of hydrogen-bond acceptors (Lipinski definition) is 4. The van der Waals surface area contributed by atoms with Gasteiger partial charge in [0.1, 0.15) is 4.90 Å². The Labute approximate surface area is 127 Å². The van der Waals surface area contributed by atoms with Gasteiger partial charge in [0.2, 0.25) is 0 Å².